The quantitative estimate of drug-likeness (QED) is 0.734. The van der Waals surface area contributed by atoms with Gasteiger partial charge in [-0.25, -0.2) is 0 Å². The van der Waals surface area contributed by atoms with Crippen molar-refractivity contribution in [2.45, 2.75) is 32.7 Å². The maximum absolute atomic E-state index is 12.3. The molecule has 0 aliphatic heterocycles. The van der Waals surface area contributed by atoms with E-state index in [0.29, 0.717) is 5.56 Å². The van der Waals surface area contributed by atoms with Crippen LogP contribution in [0.15, 0.2) is 54.6 Å². The highest BCUT2D eigenvalue weighted by Crippen LogP contribution is 2.24. The monoisotopic (exact) mass is 339 g/mol. The summed E-state index contributed by atoms with van der Waals surface area (Å²) in [6.07, 6.45) is 0.399. The molecule has 2 aromatic carbocycles. The molecule has 132 valence electrons. The molecule has 0 aliphatic carbocycles. The predicted octanol–water partition coefficient (Wildman–Crippen LogP) is 4.17. The van der Waals surface area contributed by atoms with Gasteiger partial charge in [0.25, 0.3) is 0 Å². The molecule has 4 nitrogen and oxygen atoms in total. The van der Waals surface area contributed by atoms with Gasteiger partial charge in [0.15, 0.2) is 5.78 Å². The molecule has 0 aromatic heterocycles. The number of methoxy groups -OCH3 is 1. The van der Waals surface area contributed by atoms with Gasteiger partial charge in [-0.2, -0.15) is 0 Å². The van der Waals surface area contributed by atoms with Crippen LogP contribution < -0.4 is 10.1 Å². The smallest absolute Gasteiger partial charge is 0.220 e. The molecule has 2 rings (SSSR count). The maximum Gasteiger partial charge on any atom is 0.220 e. The van der Waals surface area contributed by atoms with Gasteiger partial charge in [-0.1, -0.05) is 56.3 Å². The van der Waals surface area contributed by atoms with Crippen molar-refractivity contribution < 1.29 is 14.3 Å². The first kappa shape index (κ1) is 18.7. The molecule has 0 radical (unpaired) electrons. The van der Waals surface area contributed by atoms with Gasteiger partial charge < -0.3 is 10.1 Å². The lowest BCUT2D eigenvalue weighted by Crippen LogP contribution is -2.31. The summed E-state index contributed by atoms with van der Waals surface area (Å²) < 4.78 is 5.17. The van der Waals surface area contributed by atoms with E-state index in [1.54, 1.807) is 19.2 Å². The van der Waals surface area contributed by atoms with E-state index in [9.17, 15) is 9.59 Å². The number of rotatable bonds is 8. The Hall–Kier alpha value is -2.62. The van der Waals surface area contributed by atoms with Crippen LogP contribution in [0.5, 0.6) is 5.75 Å². The first-order chi connectivity index (χ1) is 12.0. The van der Waals surface area contributed by atoms with Crippen LogP contribution >= 0.6 is 0 Å². The zero-order valence-corrected chi connectivity index (χ0v) is 15.0. The third-order valence-electron chi connectivity index (χ3n) is 4.13. The molecule has 0 fully saturated rings. The third-order valence-corrected chi connectivity index (χ3v) is 4.13. The van der Waals surface area contributed by atoms with E-state index in [1.807, 2.05) is 42.5 Å². The van der Waals surface area contributed by atoms with E-state index in [2.05, 4.69) is 19.2 Å². The first-order valence-corrected chi connectivity index (χ1v) is 8.53. The molecule has 1 atom stereocenters. The predicted molar refractivity (Wildman–Crippen MR) is 98.7 cm³/mol. The molecule has 0 bridgehead atoms. The Balaban J connectivity index is 1.94. The highest BCUT2D eigenvalue weighted by atomic mass is 16.5. The lowest BCUT2D eigenvalue weighted by atomic mass is 9.95. The van der Waals surface area contributed by atoms with E-state index in [0.717, 1.165) is 11.3 Å². The lowest BCUT2D eigenvalue weighted by Gasteiger charge is -2.23. The number of ketones is 1. The highest BCUT2D eigenvalue weighted by molar-refractivity contribution is 5.97. The number of carbonyl (C=O) groups is 2. The minimum absolute atomic E-state index is 0.0127. The van der Waals surface area contributed by atoms with Crippen molar-refractivity contribution in [2.75, 3.05) is 7.11 Å². The SMILES string of the molecule is COc1ccc(C(NC(=O)CCC(=O)c2ccccc2)C(C)C)cc1. The van der Waals surface area contributed by atoms with Crippen LogP contribution in [-0.2, 0) is 4.79 Å². The highest BCUT2D eigenvalue weighted by Gasteiger charge is 2.19. The van der Waals surface area contributed by atoms with E-state index < -0.39 is 0 Å². The molecule has 0 spiro atoms. The lowest BCUT2D eigenvalue weighted by molar-refractivity contribution is -0.122. The van der Waals surface area contributed by atoms with Crippen LogP contribution in [0, 0.1) is 5.92 Å². The molecule has 2 aromatic rings. The Morgan fingerprint density at radius 3 is 2.16 bits per heavy atom. The Morgan fingerprint density at radius 2 is 1.60 bits per heavy atom. The number of benzene rings is 2. The molecule has 25 heavy (non-hydrogen) atoms. The van der Waals surface area contributed by atoms with Gasteiger partial charge in [-0.3, -0.25) is 9.59 Å². The Labute approximate surface area is 149 Å². The molecule has 0 aliphatic rings. The van der Waals surface area contributed by atoms with Crippen LogP contribution in [0.1, 0.15) is 48.7 Å². The third kappa shape index (κ3) is 5.45. The molecular formula is C21H25NO3. The Bertz CT molecular complexity index is 693. The summed E-state index contributed by atoms with van der Waals surface area (Å²) in [5, 5.41) is 3.05. The second-order valence-corrected chi connectivity index (χ2v) is 6.35. The molecule has 0 heterocycles. The van der Waals surface area contributed by atoms with Crippen LogP contribution in [-0.4, -0.2) is 18.8 Å². The van der Waals surface area contributed by atoms with E-state index >= 15 is 0 Å². The molecular weight excluding hydrogens is 314 g/mol. The molecule has 1 unspecified atom stereocenters. The van der Waals surface area contributed by atoms with E-state index in [4.69, 9.17) is 4.74 Å². The number of hydrogen-bond donors (Lipinski definition) is 1. The van der Waals surface area contributed by atoms with E-state index in [1.165, 1.54) is 0 Å². The summed E-state index contributed by atoms with van der Waals surface area (Å²) in [7, 11) is 1.63. The largest absolute Gasteiger partial charge is 0.497 e. The van der Waals surface area contributed by atoms with Crippen molar-refractivity contribution >= 4 is 11.7 Å². The standard InChI is InChI=1S/C21H25NO3/c1-15(2)21(17-9-11-18(25-3)12-10-17)22-20(24)14-13-19(23)16-7-5-4-6-8-16/h4-12,15,21H,13-14H2,1-3H3,(H,22,24). The molecule has 4 heteroatoms. The summed E-state index contributed by atoms with van der Waals surface area (Å²) in [6, 6.07) is 16.7. The summed E-state index contributed by atoms with van der Waals surface area (Å²) in [5.41, 5.74) is 1.67. The van der Waals surface area contributed by atoms with Crippen molar-refractivity contribution in [3.05, 3.63) is 65.7 Å². The van der Waals surface area contributed by atoms with Crippen LogP contribution in [0.3, 0.4) is 0 Å². The minimum atomic E-state index is -0.112. The fourth-order valence-corrected chi connectivity index (χ4v) is 2.69. The maximum atomic E-state index is 12.3. The van der Waals surface area contributed by atoms with Crippen LogP contribution in [0.25, 0.3) is 0 Å². The van der Waals surface area contributed by atoms with E-state index in [-0.39, 0.29) is 36.5 Å². The van der Waals surface area contributed by atoms with Crippen LogP contribution in [0.4, 0.5) is 0 Å². The summed E-state index contributed by atoms with van der Waals surface area (Å²) in [4.78, 5) is 24.4. The van der Waals surface area contributed by atoms with Crippen molar-refractivity contribution in [1.82, 2.24) is 5.32 Å². The van der Waals surface area contributed by atoms with Gasteiger partial charge in [0.2, 0.25) is 5.91 Å². The topological polar surface area (TPSA) is 55.4 Å². The van der Waals surface area contributed by atoms with Gasteiger partial charge in [0.1, 0.15) is 5.75 Å². The molecule has 1 amide bonds. The second-order valence-electron chi connectivity index (χ2n) is 6.35. The van der Waals surface area contributed by atoms with Crippen LogP contribution in [0.2, 0.25) is 0 Å². The molecule has 0 saturated carbocycles. The number of amides is 1. The van der Waals surface area contributed by atoms with Crippen molar-refractivity contribution in [3.8, 4) is 5.75 Å². The summed E-state index contributed by atoms with van der Waals surface area (Å²) >= 11 is 0. The fourth-order valence-electron chi connectivity index (χ4n) is 2.69. The zero-order valence-electron chi connectivity index (χ0n) is 15.0. The minimum Gasteiger partial charge on any atom is -0.497 e. The average Bonchev–Trinajstić information content (AvgIpc) is 2.64. The number of Topliss-reactive ketones (excluding diaryl/α,β-unsaturated/α-hetero) is 1. The fraction of sp³-hybridized carbons (Fsp3) is 0.333. The molecule has 1 N–H and O–H groups in total. The number of hydrogen-bond acceptors (Lipinski definition) is 3. The Morgan fingerprint density at radius 1 is 0.960 bits per heavy atom. The number of nitrogens with one attached hydrogen (secondary N) is 1. The van der Waals surface area contributed by atoms with Gasteiger partial charge in [0, 0.05) is 18.4 Å². The number of ether oxygens (including phenoxy) is 1. The van der Waals surface area contributed by atoms with Crippen molar-refractivity contribution in [1.29, 1.82) is 0 Å². The van der Waals surface area contributed by atoms with Gasteiger partial charge in [-0.15, -0.1) is 0 Å². The van der Waals surface area contributed by atoms with Crippen molar-refractivity contribution in [3.63, 3.8) is 0 Å². The summed E-state index contributed by atoms with van der Waals surface area (Å²) in [6.45, 7) is 4.12. The van der Waals surface area contributed by atoms with Gasteiger partial charge >= 0.3 is 0 Å². The van der Waals surface area contributed by atoms with Gasteiger partial charge in [-0.05, 0) is 23.6 Å². The number of carbonyl (C=O) groups excluding carboxylic acids is 2. The summed E-state index contributed by atoms with van der Waals surface area (Å²) in [5.74, 6) is 0.897. The van der Waals surface area contributed by atoms with Crippen molar-refractivity contribution in [2.24, 2.45) is 5.92 Å². The average molecular weight is 339 g/mol. The molecule has 0 saturated heterocycles. The zero-order chi connectivity index (χ0) is 18.2. The van der Waals surface area contributed by atoms with Gasteiger partial charge in [0.05, 0.1) is 13.2 Å². The second kappa shape index (κ2) is 9.02. The normalized spacial score (nSPS) is 11.8. The first-order valence-electron chi connectivity index (χ1n) is 8.53. The Kier molecular flexibility index (Phi) is 6.75.